The number of benzene rings is 1. The van der Waals surface area contributed by atoms with Crippen LogP contribution in [0.3, 0.4) is 0 Å². The Bertz CT molecular complexity index is 656. The van der Waals surface area contributed by atoms with E-state index in [1.807, 2.05) is 11.3 Å². The van der Waals surface area contributed by atoms with Crippen molar-refractivity contribution in [2.45, 2.75) is 26.4 Å². The fraction of sp³-hybridized carbons (Fsp3) is 0.450. The number of rotatable bonds is 8. The first-order chi connectivity index (χ1) is 12.1. The smallest absolute Gasteiger partial charge is 0.193 e. The summed E-state index contributed by atoms with van der Waals surface area (Å²) in [5.41, 5.74) is 2.63. The third kappa shape index (κ3) is 7.63. The van der Waals surface area contributed by atoms with Crippen molar-refractivity contribution in [1.82, 2.24) is 15.1 Å². The van der Waals surface area contributed by atoms with Crippen LogP contribution in [0.4, 0.5) is 0 Å². The molecule has 0 fully saturated rings. The van der Waals surface area contributed by atoms with Crippen LogP contribution in [0.2, 0.25) is 0 Å². The Labute approximate surface area is 179 Å². The molecule has 0 amide bonds. The summed E-state index contributed by atoms with van der Waals surface area (Å²) in [5, 5.41) is 5.55. The van der Waals surface area contributed by atoms with Gasteiger partial charge in [0.05, 0.1) is 6.54 Å². The highest BCUT2D eigenvalue weighted by Gasteiger charge is 2.08. The lowest BCUT2D eigenvalue weighted by molar-refractivity contribution is 0.401. The summed E-state index contributed by atoms with van der Waals surface area (Å²) in [4.78, 5) is 10.7. The SMILES string of the molecule is CCNC(=NCc1ccccc1CN(C)C)N(C)CCc1cccs1.I. The second-order valence-electron chi connectivity index (χ2n) is 6.43. The number of nitrogens with one attached hydrogen (secondary N) is 1. The number of hydrogen-bond acceptors (Lipinski definition) is 3. The van der Waals surface area contributed by atoms with Gasteiger partial charge in [-0.25, -0.2) is 4.99 Å². The molecule has 144 valence electrons. The summed E-state index contributed by atoms with van der Waals surface area (Å²) in [6, 6.07) is 12.9. The summed E-state index contributed by atoms with van der Waals surface area (Å²) in [6.07, 6.45) is 1.05. The van der Waals surface area contributed by atoms with Crippen LogP contribution < -0.4 is 5.32 Å². The molecule has 0 saturated carbocycles. The quantitative estimate of drug-likeness (QED) is 0.347. The van der Waals surface area contributed by atoms with E-state index in [0.29, 0.717) is 6.54 Å². The van der Waals surface area contributed by atoms with Gasteiger partial charge >= 0.3 is 0 Å². The molecule has 4 nitrogen and oxygen atoms in total. The molecular formula is C20H31IN4S. The second kappa shape index (κ2) is 12.3. The zero-order valence-electron chi connectivity index (χ0n) is 16.2. The molecule has 2 rings (SSSR count). The summed E-state index contributed by atoms with van der Waals surface area (Å²) < 4.78 is 0. The highest BCUT2D eigenvalue weighted by Crippen LogP contribution is 2.13. The van der Waals surface area contributed by atoms with Gasteiger partial charge in [0.15, 0.2) is 5.96 Å². The number of nitrogens with zero attached hydrogens (tertiary/aromatic N) is 3. The molecule has 1 aromatic carbocycles. The predicted octanol–water partition coefficient (Wildman–Crippen LogP) is 4.07. The Hall–Kier alpha value is -1.12. The first-order valence-electron chi connectivity index (χ1n) is 8.83. The van der Waals surface area contributed by atoms with Gasteiger partial charge < -0.3 is 15.1 Å². The first-order valence-corrected chi connectivity index (χ1v) is 9.71. The molecule has 1 aromatic heterocycles. The van der Waals surface area contributed by atoms with Gasteiger partial charge in [-0.3, -0.25) is 0 Å². The van der Waals surface area contributed by atoms with Gasteiger partial charge in [0, 0.05) is 31.6 Å². The largest absolute Gasteiger partial charge is 0.357 e. The lowest BCUT2D eigenvalue weighted by Gasteiger charge is -2.22. The lowest BCUT2D eigenvalue weighted by Crippen LogP contribution is -2.39. The summed E-state index contributed by atoms with van der Waals surface area (Å²) >= 11 is 1.82. The van der Waals surface area contributed by atoms with Gasteiger partial charge in [-0.05, 0) is 50.0 Å². The Morgan fingerprint density at radius 1 is 1.08 bits per heavy atom. The zero-order valence-corrected chi connectivity index (χ0v) is 19.4. The standard InChI is InChI=1S/C20H30N4S.HI/c1-5-21-20(24(4)13-12-19-11-8-14-25-19)22-15-17-9-6-7-10-18(17)16-23(2)3;/h6-11,14H,5,12-13,15-16H2,1-4H3,(H,21,22);1H. The molecule has 0 bridgehead atoms. The van der Waals surface area contributed by atoms with E-state index in [0.717, 1.165) is 32.0 Å². The summed E-state index contributed by atoms with van der Waals surface area (Å²) in [7, 11) is 6.31. The maximum Gasteiger partial charge on any atom is 0.193 e. The van der Waals surface area contributed by atoms with Crippen molar-refractivity contribution in [3.8, 4) is 0 Å². The van der Waals surface area contributed by atoms with Crippen molar-refractivity contribution in [2.24, 2.45) is 4.99 Å². The number of thiophene rings is 1. The zero-order chi connectivity index (χ0) is 18.1. The molecular weight excluding hydrogens is 455 g/mol. The number of aliphatic imine (C=N–C) groups is 1. The van der Waals surface area contributed by atoms with Crippen molar-refractivity contribution in [3.63, 3.8) is 0 Å². The molecule has 0 unspecified atom stereocenters. The fourth-order valence-corrected chi connectivity index (χ4v) is 3.37. The van der Waals surface area contributed by atoms with Crippen LogP contribution in [0.1, 0.15) is 22.9 Å². The van der Waals surface area contributed by atoms with E-state index in [2.05, 4.69) is 85.0 Å². The lowest BCUT2D eigenvalue weighted by atomic mass is 10.1. The van der Waals surface area contributed by atoms with Gasteiger partial charge in [0.2, 0.25) is 0 Å². The molecule has 0 aliphatic carbocycles. The maximum absolute atomic E-state index is 4.87. The highest BCUT2D eigenvalue weighted by molar-refractivity contribution is 14.0. The van der Waals surface area contributed by atoms with E-state index in [9.17, 15) is 0 Å². The van der Waals surface area contributed by atoms with Crippen LogP contribution in [0.5, 0.6) is 0 Å². The number of halogens is 1. The molecule has 0 spiro atoms. The maximum atomic E-state index is 4.87. The Balaban J connectivity index is 0.00000338. The second-order valence-corrected chi connectivity index (χ2v) is 7.46. The van der Waals surface area contributed by atoms with Crippen LogP contribution in [0.25, 0.3) is 0 Å². The van der Waals surface area contributed by atoms with E-state index in [4.69, 9.17) is 4.99 Å². The molecule has 26 heavy (non-hydrogen) atoms. The average Bonchev–Trinajstić information content (AvgIpc) is 3.10. The van der Waals surface area contributed by atoms with Gasteiger partial charge in [0.25, 0.3) is 0 Å². The minimum absolute atomic E-state index is 0. The van der Waals surface area contributed by atoms with Crippen molar-refractivity contribution in [2.75, 3.05) is 34.2 Å². The predicted molar refractivity (Wildman–Crippen MR) is 125 cm³/mol. The first kappa shape index (κ1) is 22.9. The van der Waals surface area contributed by atoms with E-state index >= 15 is 0 Å². The van der Waals surface area contributed by atoms with E-state index in [1.165, 1.54) is 16.0 Å². The Kier molecular flexibility index (Phi) is 10.8. The molecule has 0 saturated heterocycles. The summed E-state index contributed by atoms with van der Waals surface area (Å²) in [6.45, 7) is 5.60. The van der Waals surface area contributed by atoms with Crippen molar-refractivity contribution in [3.05, 3.63) is 57.8 Å². The van der Waals surface area contributed by atoms with Crippen molar-refractivity contribution >= 4 is 41.3 Å². The highest BCUT2D eigenvalue weighted by atomic mass is 127. The Morgan fingerprint density at radius 2 is 1.81 bits per heavy atom. The normalized spacial score (nSPS) is 11.3. The minimum atomic E-state index is 0. The minimum Gasteiger partial charge on any atom is -0.357 e. The van der Waals surface area contributed by atoms with Gasteiger partial charge in [-0.15, -0.1) is 35.3 Å². The number of hydrogen-bond donors (Lipinski definition) is 1. The molecule has 6 heteroatoms. The van der Waals surface area contributed by atoms with Crippen LogP contribution >= 0.6 is 35.3 Å². The van der Waals surface area contributed by atoms with Gasteiger partial charge in [0.1, 0.15) is 0 Å². The molecule has 0 atom stereocenters. The van der Waals surface area contributed by atoms with Crippen LogP contribution in [0.15, 0.2) is 46.8 Å². The topological polar surface area (TPSA) is 30.9 Å². The average molecular weight is 486 g/mol. The molecule has 1 heterocycles. The van der Waals surface area contributed by atoms with Gasteiger partial charge in [-0.2, -0.15) is 0 Å². The number of guanidine groups is 1. The Morgan fingerprint density at radius 3 is 2.42 bits per heavy atom. The molecule has 2 aromatic rings. The third-order valence-corrected chi connectivity index (χ3v) is 4.91. The van der Waals surface area contributed by atoms with Crippen LogP contribution in [-0.4, -0.2) is 50.0 Å². The third-order valence-electron chi connectivity index (χ3n) is 3.97. The molecule has 0 aliphatic rings. The van der Waals surface area contributed by atoms with Crippen LogP contribution in [0, 0.1) is 0 Å². The van der Waals surface area contributed by atoms with E-state index in [1.54, 1.807) is 0 Å². The summed E-state index contributed by atoms with van der Waals surface area (Å²) in [5.74, 6) is 0.971. The van der Waals surface area contributed by atoms with Crippen molar-refractivity contribution < 1.29 is 0 Å². The van der Waals surface area contributed by atoms with Crippen LogP contribution in [-0.2, 0) is 19.5 Å². The van der Waals surface area contributed by atoms with Gasteiger partial charge in [-0.1, -0.05) is 30.3 Å². The van der Waals surface area contributed by atoms with Crippen molar-refractivity contribution in [1.29, 1.82) is 0 Å². The number of likely N-dealkylation sites (N-methyl/N-ethyl adjacent to an activating group) is 1. The molecule has 0 aliphatic heterocycles. The monoisotopic (exact) mass is 486 g/mol. The van der Waals surface area contributed by atoms with E-state index in [-0.39, 0.29) is 24.0 Å². The molecule has 1 N–H and O–H groups in total. The molecule has 0 radical (unpaired) electrons. The fourth-order valence-electron chi connectivity index (χ4n) is 2.68. The van der Waals surface area contributed by atoms with E-state index < -0.39 is 0 Å².